The van der Waals surface area contributed by atoms with Crippen LogP contribution in [0.2, 0.25) is 0 Å². The molecule has 3 heterocycles. The molecule has 0 radical (unpaired) electrons. The lowest BCUT2D eigenvalue weighted by molar-refractivity contribution is 0.457. The zero-order valence-electron chi connectivity index (χ0n) is 10.2. The number of pyridine rings is 1. The van der Waals surface area contributed by atoms with E-state index in [1.165, 1.54) is 23.9 Å². The molecule has 0 aliphatic carbocycles. The molecule has 0 fully saturated rings. The quantitative estimate of drug-likeness (QED) is 0.575. The summed E-state index contributed by atoms with van der Waals surface area (Å²) in [4.78, 5) is 35.2. The van der Waals surface area contributed by atoms with Gasteiger partial charge in [-0.05, 0) is 0 Å². The first kappa shape index (κ1) is 11.3. The number of anilines is 2. The van der Waals surface area contributed by atoms with E-state index in [1.54, 1.807) is 7.05 Å². The monoisotopic (exact) mass is 262 g/mol. The van der Waals surface area contributed by atoms with Crippen LogP contribution in [-0.2, 0) is 14.1 Å². The average Bonchev–Trinajstić information content (AvgIpc) is 2.36. The van der Waals surface area contributed by atoms with E-state index in [0.29, 0.717) is 5.69 Å². The minimum atomic E-state index is -0.492. The molecule has 0 saturated heterocycles. The zero-order chi connectivity index (χ0) is 13.7. The summed E-state index contributed by atoms with van der Waals surface area (Å²) in [6, 6.07) is 1.26. The highest BCUT2D eigenvalue weighted by Crippen LogP contribution is 2.36. The van der Waals surface area contributed by atoms with Crippen molar-refractivity contribution in [2.45, 2.75) is 0 Å². The number of fused-ring (bicyclic) bond motifs is 2. The summed E-state index contributed by atoms with van der Waals surface area (Å²) < 4.78 is 7.74. The fourth-order valence-corrected chi connectivity index (χ4v) is 1.87. The number of nitrogens with zero attached hydrogens (tertiary/aromatic N) is 2. The third-order valence-electron chi connectivity index (χ3n) is 2.88. The molecule has 2 aromatic rings. The van der Waals surface area contributed by atoms with Gasteiger partial charge in [-0.3, -0.25) is 24.2 Å². The summed E-state index contributed by atoms with van der Waals surface area (Å²) in [5.41, 5.74) is -0.752. The molecule has 1 aliphatic heterocycles. The Labute approximate surface area is 105 Å². The predicted octanol–water partition coefficient (Wildman–Crippen LogP) is -0.378. The summed E-state index contributed by atoms with van der Waals surface area (Å²) in [6.45, 7) is 0. The van der Waals surface area contributed by atoms with Gasteiger partial charge in [0.15, 0.2) is 11.4 Å². The van der Waals surface area contributed by atoms with E-state index in [4.69, 9.17) is 4.74 Å². The smallest absolute Gasteiger partial charge is 0.310 e. The molecule has 0 saturated carbocycles. The van der Waals surface area contributed by atoms with Gasteiger partial charge in [-0.25, -0.2) is 0 Å². The first-order valence-corrected chi connectivity index (χ1v) is 5.46. The van der Waals surface area contributed by atoms with Crippen LogP contribution in [0.4, 0.5) is 11.4 Å². The van der Waals surface area contributed by atoms with Gasteiger partial charge in [-0.15, -0.1) is 0 Å². The van der Waals surface area contributed by atoms with Crippen LogP contribution in [0.1, 0.15) is 0 Å². The predicted molar refractivity (Wildman–Crippen MR) is 67.3 cm³/mol. The number of aryl methyl sites for hydroxylation is 2. The van der Waals surface area contributed by atoms with Gasteiger partial charge in [-0.2, -0.15) is 0 Å². The number of hydrogen-bond acceptors (Lipinski definition) is 5. The Morgan fingerprint density at radius 2 is 1.95 bits per heavy atom. The van der Waals surface area contributed by atoms with Gasteiger partial charge in [0.1, 0.15) is 0 Å². The van der Waals surface area contributed by atoms with Crippen LogP contribution < -0.4 is 26.7 Å². The first-order chi connectivity index (χ1) is 8.97. The standard InChI is InChI=1S/C11H10N4O4/c1-14-4-5-6(3-7(14)16)19-9-8(12-5)10(17)13-15(2)11(9)18/h3-4,12H,1-2H3,(H,13,17). The molecule has 0 unspecified atom stereocenters. The van der Waals surface area contributed by atoms with Crippen molar-refractivity contribution in [3.05, 3.63) is 43.3 Å². The van der Waals surface area contributed by atoms with Crippen LogP contribution in [0.25, 0.3) is 0 Å². The highest BCUT2D eigenvalue weighted by Gasteiger charge is 2.24. The Morgan fingerprint density at radius 1 is 1.21 bits per heavy atom. The maximum atomic E-state index is 11.9. The second-order valence-corrected chi connectivity index (χ2v) is 4.24. The maximum Gasteiger partial charge on any atom is 0.310 e. The molecule has 0 atom stereocenters. The largest absolute Gasteiger partial charge is 0.447 e. The van der Waals surface area contributed by atoms with Crippen molar-refractivity contribution in [2.75, 3.05) is 5.32 Å². The molecule has 0 bridgehead atoms. The molecule has 3 rings (SSSR count). The molecule has 1 aliphatic rings. The zero-order valence-corrected chi connectivity index (χ0v) is 10.2. The Morgan fingerprint density at radius 3 is 2.68 bits per heavy atom. The number of rotatable bonds is 0. The number of ether oxygens (including phenoxy) is 1. The molecular formula is C11H10N4O4. The Bertz CT molecular complexity index is 858. The number of aromatic nitrogens is 3. The van der Waals surface area contributed by atoms with Gasteiger partial charge in [0.05, 0.1) is 5.69 Å². The number of H-pyrrole nitrogens is 1. The molecule has 0 amide bonds. The maximum absolute atomic E-state index is 11.9. The van der Waals surface area contributed by atoms with Crippen LogP contribution >= 0.6 is 0 Å². The lowest BCUT2D eigenvalue weighted by Crippen LogP contribution is -2.32. The van der Waals surface area contributed by atoms with Gasteiger partial charge < -0.3 is 14.6 Å². The van der Waals surface area contributed by atoms with E-state index in [2.05, 4.69) is 10.4 Å². The molecule has 98 valence electrons. The molecule has 8 nitrogen and oxygen atoms in total. The fraction of sp³-hybridized carbons (Fsp3) is 0.182. The molecule has 2 N–H and O–H groups in total. The topological polar surface area (TPSA) is 98.1 Å². The fourth-order valence-electron chi connectivity index (χ4n) is 1.87. The van der Waals surface area contributed by atoms with E-state index < -0.39 is 11.1 Å². The SMILES string of the molecule is Cn1cc2c(cc1=O)Oc1c(c(=O)[nH]n(C)c1=O)N2. The van der Waals surface area contributed by atoms with Crippen LogP contribution in [-0.4, -0.2) is 14.3 Å². The van der Waals surface area contributed by atoms with Crippen molar-refractivity contribution in [3.63, 3.8) is 0 Å². The van der Waals surface area contributed by atoms with Crippen molar-refractivity contribution < 1.29 is 4.74 Å². The summed E-state index contributed by atoms with van der Waals surface area (Å²) >= 11 is 0. The lowest BCUT2D eigenvalue weighted by atomic mass is 10.3. The van der Waals surface area contributed by atoms with Gasteiger partial charge in [0.2, 0.25) is 5.75 Å². The second kappa shape index (κ2) is 3.61. The first-order valence-electron chi connectivity index (χ1n) is 5.46. The third-order valence-corrected chi connectivity index (χ3v) is 2.88. The van der Waals surface area contributed by atoms with Crippen molar-refractivity contribution in [3.8, 4) is 11.5 Å². The van der Waals surface area contributed by atoms with Crippen LogP contribution in [0.15, 0.2) is 26.6 Å². The van der Waals surface area contributed by atoms with Gasteiger partial charge >= 0.3 is 5.56 Å². The number of hydrogen-bond donors (Lipinski definition) is 2. The van der Waals surface area contributed by atoms with E-state index in [-0.39, 0.29) is 22.7 Å². The Balaban J connectivity index is 2.28. The van der Waals surface area contributed by atoms with E-state index in [0.717, 1.165) is 4.68 Å². The van der Waals surface area contributed by atoms with Crippen LogP contribution in [0, 0.1) is 0 Å². The molecule has 2 aromatic heterocycles. The van der Waals surface area contributed by atoms with Gasteiger partial charge in [0, 0.05) is 26.4 Å². The van der Waals surface area contributed by atoms with E-state index >= 15 is 0 Å². The average molecular weight is 262 g/mol. The highest BCUT2D eigenvalue weighted by molar-refractivity contribution is 5.73. The van der Waals surface area contributed by atoms with Gasteiger partial charge in [0.25, 0.3) is 11.1 Å². The summed E-state index contributed by atoms with van der Waals surface area (Å²) in [6.07, 6.45) is 1.50. The summed E-state index contributed by atoms with van der Waals surface area (Å²) in [5.74, 6) is 0.102. The third kappa shape index (κ3) is 1.57. The molecule has 0 spiro atoms. The van der Waals surface area contributed by atoms with Crippen molar-refractivity contribution in [1.29, 1.82) is 0 Å². The number of aromatic amines is 1. The second-order valence-electron chi connectivity index (χ2n) is 4.24. The number of nitrogens with one attached hydrogen (secondary N) is 2. The van der Waals surface area contributed by atoms with Crippen LogP contribution in [0.5, 0.6) is 11.5 Å². The van der Waals surface area contributed by atoms with Crippen molar-refractivity contribution >= 4 is 11.4 Å². The Kier molecular flexibility index (Phi) is 2.15. The molecule has 8 heteroatoms. The molecule has 19 heavy (non-hydrogen) atoms. The summed E-state index contributed by atoms with van der Waals surface area (Å²) in [5, 5.41) is 5.16. The van der Waals surface area contributed by atoms with E-state index in [9.17, 15) is 14.4 Å². The van der Waals surface area contributed by atoms with Crippen LogP contribution in [0.3, 0.4) is 0 Å². The van der Waals surface area contributed by atoms with Gasteiger partial charge in [-0.1, -0.05) is 0 Å². The molecule has 0 aromatic carbocycles. The minimum absolute atomic E-state index is 0.0363. The van der Waals surface area contributed by atoms with E-state index in [1.807, 2.05) is 0 Å². The minimum Gasteiger partial charge on any atom is -0.447 e. The normalized spacial score (nSPS) is 12.1. The van der Waals surface area contributed by atoms with Crippen molar-refractivity contribution in [1.82, 2.24) is 14.3 Å². The van der Waals surface area contributed by atoms with Crippen molar-refractivity contribution in [2.24, 2.45) is 14.1 Å². The lowest BCUT2D eigenvalue weighted by Gasteiger charge is -2.20. The Hall–Kier alpha value is -2.77. The highest BCUT2D eigenvalue weighted by atomic mass is 16.5. The summed E-state index contributed by atoms with van der Waals surface area (Å²) in [7, 11) is 2.99. The molecular weight excluding hydrogens is 252 g/mol.